The van der Waals surface area contributed by atoms with Crippen LogP contribution < -0.4 is 9.80 Å². The molecule has 1 N–H and O–H groups in total. The summed E-state index contributed by atoms with van der Waals surface area (Å²) in [6, 6.07) is 3.69. The zero-order valence-corrected chi connectivity index (χ0v) is 12.5. The minimum atomic E-state index is -1.25. The van der Waals surface area contributed by atoms with Crippen molar-refractivity contribution < 1.29 is 29.1 Å². The van der Waals surface area contributed by atoms with Crippen LogP contribution in [0.3, 0.4) is 0 Å². The van der Waals surface area contributed by atoms with Gasteiger partial charge in [0, 0.05) is 25.3 Å². The van der Waals surface area contributed by atoms with Crippen LogP contribution in [0.1, 0.15) is 10.4 Å². The fourth-order valence-corrected chi connectivity index (χ4v) is 2.11. The van der Waals surface area contributed by atoms with Gasteiger partial charge in [0.1, 0.15) is 6.29 Å². The summed E-state index contributed by atoms with van der Waals surface area (Å²) in [6.45, 7) is 0. The molecule has 0 saturated carbocycles. The summed E-state index contributed by atoms with van der Waals surface area (Å²) in [5, 5.41) is 9.10. The highest BCUT2D eigenvalue weighted by Gasteiger charge is 2.29. The van der Waals surface area contributed by atoms with Gasteiger partial charge in [-0.3, -0.25) is 19.2 Å². The van der Waals surface area contributed by atoms with Gasteiger partial charge in [0.2, 0.25) is 0 Å². The topological polar surface area (TPSA) is 112 Å². The van der Waals surface area contributed by atoms with Crippen molar-refractivity contribution in [3.05, 3.63) is 48.1 Å². The van der Waals surface area contributed by atoms with Crippen molar-refractivity contribution in [1.82, 2.24) is 0 Å². The smallest absolute Gasteiger partial charge is 0.335 e. The molecular formula is C16H12N2O6. The van der Waals surface area contributed by atoms with Crippen LogP contribution in [0.25, 0.3) is 0 Å². The number of allylic oxidation sites excluding steroid dienone is 1. The van der Waals surface area contributed by atoms with Crippen LogP contribution in [-0.2, 0) is 19.2 Å². The summed E-state index contributed by atoms with van der Waals surface area (Å²) in [5.41, 5.74) is -0.0401. The van der Waals surface area contributed by atoms with E-state index in [4.69, 9.17) is 5.11 Å². The number of hydrogen-bond acceptors (Lipinski definition) is 5. The van der Waals surface area contributed by atoms with E-state index >= 15 is 0 Å². The molecule has 0 saturated heterocycles. The fourth-order valence-electron chi connectivity index (χ4n) is 2.11. The first-order chi connectivity index (χ1) is 11.4. The average Bonchev–Trinajstić information content (AvgIpc) is 2.89. The molecule has 2 rings (SSSR count). The molecule has 0 aliphatic carbocycles. The number of anilines is 2. The number of carbonyl (C=O) groups excluding carboxylic acids is 4. The molecule has 1 aromatic rings. The molecule has 0 atom stereocenters. The van der Waals surface area contributed by atoms with Crippen LogP contribution in [0.15, 0.2) is 42.5 Å². The van der Waals surface area contributed by atoms with E-state index in [1.807, 2.05) is 0 Å². The molecule has 1 heterocycles. The van der Waals surface area contributed by atoms with Crippen LogP contribution in [0.2, 0.25) is 0 Å². The second-order valence-electron chi connectivity index (χ2n) is 4.75. The molecule has 1 aliphatic heterocycles. The molecular weight excluding hydrogens is 316 g/mol. The predicted molar refractivity (Wildman–Crippen MR) is 83.6 cm³/mol. The lowest BCUT2D eigenvalue weighted by Crippen LogP contribution is -2.33. The van der Waals surface area contributed by atoms with E-state index in [0.717, 1.165) is 40.2 Å². The predicted octanol–water partition coefficient (Wildman–Crippen LogP) is 0.532. The van der Waals surface area contributed by atoms with E-state index in [1.165, 1.54) is 19.2 Å². The SMILES string of the molecule is CN(C(=O)/C=C\C=O)c1ccc(C(=O)O)cc1N1C(=O)C=CC1=O. The van der Waals surface area contributed by atoms with E-state index in [-0.39, 0.29) is 16.9 Å². The Morgan fingerprint density at radius 1 is 1.17 bits per heavy atom. The normalized spacial score (nSPS) is 13.6. The van der Waals surface area contributed by atoms with Crippen molar-refractivity contribution in [2.45, 2.75) is 0 Å². The van der Waals surface area contributed by atoms with Crippen LogP contribution in [-0.4, -0.2) is 42.1 Å². The van der Waals surface area contributed by atoms with E-state index in [2.05, 4.69) is 0 Å². The number of carbonyl (C=O) groups is 5. The molecule has 0 unspecified atom stereocenters. The Morgan fingerprint density at radius 2 is 1.79 bits per heavy atom. The van der Waals surface area contributed by atoms with Crippen LogP contribution >= 0.6 is 0 Å². The number of amides is 3. The Kier molecular flexibility index (Phi) is 4.69. The van der Waals surface area contributed by atoms with Gasteiger partial charge in [-0.25, -0.2) is 9.69 Å². The quantitative estimate of drug-likeness (QED) is 0.479. The van der Waals surface area contributed by atoms with E-state index in [1.54, 1.807) is 0 Å². The van der Waals surface area contributed by atoms with Crippen molar-refractivity contribution >= 4 is 41.4 Å². The number of aromatic carboxylic acids is 1. The van der Waals surface area contributed by atoms with Gasteiger partial charge >= 0.3 is 5.97 Å². The number of aldehydes is 1. The Labute approximate surface area is 136 Å². The van der Waals surface area contributed by atoms with Crippen molar-refractivity contribution in [3.63, 3.8) is 0 Å². The third-order valence-electron chi connectivity index (χ3n) is 3.28. The van der Waals surface area contributed by atoms with Gasteiger partial charge in [-0.05, 0) is 24.3 Å². The Hall–Kier alpha value is -3.55. The zero-order chi connectivity index (χ0) is 17.9. The minimum Gasteiger partial charge on any atom is -0.478 e. The van der Waals surface area contributed by atoms with Crippen LogP contribution in [0.4, 0.5) is 11.4 Å². The Morgan fingerprint density at radius 3 is 2.33 bits per heavy atom. The standard InChI is InChI=1S/C16H12N2O6/c1-17(13(20)3-2-8-19)11-5-4-10(16(23)24)9-12(11)18-14(21)6-7-15(18)22/h2-9H,1H3,(H,23,24)/b3-2-. The number of rotatable bonds is 5. The molecule has 0 fully saturated rings. The molecule has 0 radical (unpaired) electrons. The highest BCUT2D eigenvalue weighted by Crippen LogP contribution is 2.32. The Bertz CT molecular complexity index is 791. The maximum Gasteiger partial charge on any atom is 0.335 e. The van der Waals surface area contributed by atoms with Crippen molar-refractivity contribution in [2.75, 3.05) is 16.8 Å². The van der Waals surface area contributed by atoms with Crippen LogP contribution in [0, 0.1) is 0 Å². The lowest BCUT2D eigenvalue weighted by Gasteiger charge is -2.24. The van der Waals surface area contributed by atoms with Gasteiger partial charge in [-0.1, -0.05) is 0 Å². The van der Waals surface area contributed by atoms with Gasteiger partial charge < -0.3 is 10.0 Å². The minimum absolute atomic E-state index is 0.0368. The largest absolute Gasteiger partial charge is 0.478 e. The lowest BCUT2D eigenvalue weighted by molar-refractivity contribution is -0.120. The van der Waals surface area contributed by atoms with E-state index < -0.39 is 23.7 Å². The highest BCUT2D eigenvalue weighted by molar-refractivity contribution is 6.29. The summed E-state index contributed by atoms with van der Waals surface area (Å²) in [6.07, 6.45) is 4.53. The number of hydrogen-bond donors (Lipinski definition) is 1. The number of imide groups is 1. The third kappa shape index (κ3) is 3.12. The molecule has 3 amide bonds. The second-order valence-corrected chi connectivity index (χ2v) is 4.75. The van der Waals surface area contributed by atoms with Crippen LogP contribution in [0.5, 0.6) is 0 Å². The molecule has 1 aromatic carbocycles. The molecule has 24 heavy (non-hydrogen) atoms. The van der Waals surface area contributed by atoms with Gasteiger partial charge in [0.05, 0.1) is 16.9 Å². The third-order valence-corrected chi connectivity index (χ3v) is 3.28. The summed E-state index contributed by atoms with van der Waals surface area (Å²) >= 11 is 0. The maximum absolute atomic E-state index is 12.0. The molecule has 8 heteroatoms. The highest BCUT2D eigenvalue weighted by atomic mass is 16.4. The second kappa shape index (κ2) is 6.69. The van der Waals surface area contributed by atoms with Gasteiger partial charge in [-0.2, -0.15) is 0 Å². The fraction of sp³-hybridized carbons (Fsp3) is 0.0625. The zero-order valence-electron chi connectivity index (χ0n) is 12.5. The number of benzene rings is 1. The number of nitrogens with zero attached hydrogens (tertiary/aromatic N) is 2. The van der Waals surface area contributed by atoms with Crippen molar-refractivity contribution in [2.24, 2.45) is 0 Å². The summed E-state index contributed by atoms with van der Waals surface area (Å²) in [5.74, 6) is -3.12. The number of carboxylic acid groups (broad SMARTS) is 1. The first kappa shape index (κ1) is 16.8. The molecule has 8 nitrogen and oxygen atoms in total. The van der Waals surface area contributed by atoms with Gasteiger partial charge in [0.25, 0.3) is 17.7 Å². The maximum atomic E-state index is 12.0. The lowest BCUT2D eigenvalue weighted by atomic mass is 10.1. The van der Waals surface area contributed by atoms with Crippen molar-refractivity contribution in [1.29, 1.82) is 0 Å². The summed E-state index contributed by atoms with van der Waals surface area (Å²) in [4.78, 5) is 59.1. The first-order valence-corrected chi connectivity index (χ1v) is 6.70. The molecule has 0 aromatic heterocycles. The van der Waals surface area contributed by atoms with Gasteiger partial charge in [-0.15, -0.1) is 0 Å². The molecule has 1 aliphatic rings. The summed E-state index contributed by atoms with van der Waals surface area (Å²) in [7, 11) is 1.37. The molecule has 122 valence electrons. The first-order valence-electron chi connectivity index (χ1n) is 6.70. The average molecular weight is 328 g/mol. The number of carboxylic acids is 1. The van der Waals surface area contributed by atoms with Gasteiger partial charge in [0.15, 0.2) is 0 Å². The monoisotopic (exact) mass is 328 g/mol. The summed E-state index contributed by atoms with van der Waals surface area (Å²) < 4.78 is 0. The van der Waals surface area contributed by atoms with Crippen molar-refractivity contribution in [3.8, 4) is 0 Å². The number of likely N-dealkylation sites (N-methyl/N-ethyl adjacent to an activating group) is 1. The van der Waals surface area contributed by atoms with E-state index in [9.17, 15) is 24.0 Å². The molecule has 0 spiro atoms. The molecule has 0 bridgehead atoms. The van der Waals surface area contributed by atoms with E-state index in [0.29, 0.717) is 6.29 Å². The Balaban J connectivity index is 2.55.